The van der Waals surface area contributed by atoms with E-state index in [0.29, 0.717) is 55.3 Å². The number of nitrogens with zero attached hydrogens (tertiary/aromatic N) is 2. The summed E-state index contributed by atoms with van der Waals surface area (Å²) in [6, 6.07) is 12.4. The quantitative estimate of drug-likeness (QED) is 0.738. The van der Waals surface area contributed by atoms with Crippen molar-refractivity contribution in [1.29, 1.82) is 0 Å². The zero-order valence-electron chi connectivity index (χ0n) is 15.7. The van der Waals surface area contributed by atoms with Crippen molar-refractivity contribution in [2.24, 2.45) is 0 Å². The summed E-state index contributed by atoms with van der Waals surface area (Å²) in [5.41, 5.74) is 1.26. The van der Waals surface area contributed by atoms with E-state index < -0.39 is 0 Å². The minimum atomic E-state index is -0.0283. The molecule has 2 aromatic carbocycles. The predicted octanol–water partition coefficient (Wildman–Crippen LogP) is 2.06. The van der Waals surface area contributed by atoms with Crippen molar-refractivity contribution >= 4 is 11.7 Å². The summed E-state index contributed by atoms with van der Waals surface area (Å²) in [6.45, 7) is 3.04. The second-order valence-corrected chi connectivity index (χ2v) is 6.79. The van der Waals surface area contributed by atoms with Crippen LogP contribution < -0.4 is 14.2 Å². The zero-order valence-corrected chi connectivity index (χ0v) is 15.7. The third-order valence-corrected chi connectivity index (χ3v) is 5.06. The summed E-state index contributed by atoms with van der Waals surface area (Å²) in [6.07, 6.45) is 0. The Morgan fingerprint density at radius 3 is 2.32 bits per heavy atom. The van der Waals surface area contributed by atoms with E-state index in [4.69, 9.17) is 14.2 Å². The molecule has 7 heteroatoms. The molecule has 2 aromatic rings. The molecule has 1 saturated heterocycles. The van der Waals surface area contributed by atoms with Crippen LogP contribution in [0.25, 0.3) is 0 Å². The molecule has 0 saturated carbocycles. The first-order chi connectivity index (χ1) is 13.6. The highest BCUT2D eigenvalue weighted by Gasteiger charge is 2.25. The molecule has 0 unspecified atom stereocenters. The highest BCUT2D eigenvalue weighted by atomic mass is 16.7. The van der Waals surface area contributed by atoms with E-state index in [-0.39, 0.29) is 18.5 Å². The number of ketones is 1. The van der Waals surface area contributed by atoms with Gasteiger partial charge >= 0.3 is 0 Å². The fourth-order valence-corrected chi connectivity index (χ4v) is 3.39. The van der Waals surface area contributed by atoms with Crippen molar-refractivity contribution in [1.82, 2.24) is 9.80 Å². The van der Waals surface area contributed by atoms with Gasteiger partial charge in [-0.1, -0.05) is 0 Å². The van der Waals surface area contributed by atoms with Crippen LogP contribution in [0.15, 0.2) is 42.5 Å². The van der Waals surface area contributed by atoms with Crippen LogP contribution in [-0.4, -0.2) is 68.1 Å². The first-order valence-electron chi connectivity index (χ1n) is 9.22. The molecule has 0 atom stereocenters. The number of hydrogen-bond acceptors (Lipinski definition) is 6. The number of hydrogen-bond donors (Lipinski definition) is 0. The van der Waals surface area contributed by atoms with E-state index in [1.807, 2.05) is 4.90 Å². The molecule has 1 amide bonds. The van der Waals surface area contributed by atoms with E-state index in [1.54, 1.807) is 49.6 Å². The lowest BCUT2D eigenvalue weighted by Gasteiger charge is -2.34. The third kappa shape index (κ3) is 3.80. The topological polar surface area (TPSA) is 68.3 Å². The molecule has 0 aliphatic carbocycles. The molecule has 1 fully saturated rings. The van der Waals surface area contributed by atoms with E-state index in [2.05, 4.69) is 4.90 Å². The number of benzene rings is 2. The van der Waals surface area contributed by atoms with Gasteiger partial charge in [-0.15, -0.1) is 0 Å². The van der Waals surface area contributed by atoms with E-state index >= 15 is 0 Å². The van der Waals surface area contributed by atoms with Gasteiger partial charge in [-0.05, 0) is 42.5 Å². The highest BCUT2D eigenvalue weighted by Crippen LogP contribution is 2.32. The van der Waals surface area contributed by atoms with E-state index in [9.17, 15) is 9.59 Å². The van der Waals surface area contributed by atoms with Gasteiger partial charge in [0.05, 0.1) is 13.7 Å². The number of carbonyl (C=O) groups is 2. The largest absolute Gasteiger partial charge is 0.497 e. The Morgan fingerprint density at radius 2 is 1.61 bits per heavy atom. The van der Waals surface area contributed by atoms with Crippen LogP contribution in [0.4, 0.5) is 0 Å². The van der Waals surface area contributed by atoms with Crippen LogP contribution in [-0.2, 0) is 0 Å². The maximum absolute atomic E-state index is 12.7. The number of carbonyl (C=O) groups excluding carboxylic acids is 2. The number of piperazine rings is 1. The maximum atomic E-state index is 12.7. The molecule has 4 rings (SSSR count). The number of ether oxygens (including phenoxy) is 3. The van der Waals surface area contributed by atoms with Crippen LogP contribution in [0.1, 0.15) is 20.7 Å². The van der Waals surface area contributed by atoms with Gasteiger partial charge in [0.2, 0.25) is 6.79 Å². The summed E-state index contributed by atoms with van der Waals surface area (Å²) in [7, 11) is 1.60. The second-order valence-electron chi connectivity index (χ2n) is 6.79. The fourth-order valence-electron chi connectivity index (χ4n) is 3.39. The van der Waals surface area contributed by atoms with Crippen LogP contribution >= 0.6 is 0 Å². The average molecular weight is 382 g/mol. The molecule has 0 aromatic heterocycles. The first kappa shape index (κ1) is 18.3. The Morgan fingerprint density at radius 1 is 0.929 bits per heavy atom. The minimum absolute atomic E-state index is 0.0283. The summed E-state index contributed by atoms with van der Waals surface area (Å²) in [4.78, 5) is 29.1. The summed E-state index contributed by atoms with van der Waals surface area (Å²) >= 11 is 0. The van der Waals surface area contributed by atoms with Gasteiger partial charge in [0.25, 0.3) is 5.91 Å². The van der Waals surface area contributed by atoms with Gasteiger partial charge in [0, 0.05) is 37.3 Å². The summed E-state index contributed by atoms with van der Waals surface area (Å²) < 4.78 is 15.8. The van der Waals surface area contributed by atoms with Crippen LogP contribution in [0.3, 0.4) is 0 Å². The Bertz CT molecular complexity index is 873. The second kappa shape index (κ2) is 7.90. The molecule has 2 aliphatic rings. The van der Waals surface area contributed by atoms with Crippen LogP contribution in [0.5, 0.6) is 17.2 Å². The van der Waals surface area contributed by atoms with Crippen molar-refractivity contribution < 1.29 is 23.8 Å². The number of Topliss-reactive ketones (excluding diaryl/α,β-unsaturated/α-hetero) is 1. The van der Waals surface area contributed by atoms with Crippen molar-refractivity contribution in [2.45, 2.75) is 0 Å². The molecule has 146 valence electrons. The number of fused-ring (bicyclic) bond motifs is 1. The van der Waals surface area contributed by atoms with Gasteiger partial charge in [0.1, 0.15) is 5.75 Å². The molecule has 0 N–H and O–H groups in total. The SMILES string of the molecule is COc1ccc(C(=O)CN2CCN(C(=O)c3ccc4c(c3)OCO4)CC2)cc1. The lowest BCUT2D eigenvalue weighted by molar-refractivity contribution is 0.0624. The van der Waals surface area contributed by atoms with Gasteiger partial charge in [-0.2, -0.15) is 0 Å². The Kier molecular flexibility index (Phi) is 5.16. The molecule has 7 nitrogen and oxygen atoms in total. The summed E-state index contributed by atoms with van der Waals surface area (Å²) in [5.74, 6) is 2.04. The van der Waals surface area contributed by atoms with Gasteiger partial charge in [-0.25, -0.2) is 0 Å². The monoisotopic (exact) mass is 382 g/mol. The van der Waals surface area contributed by atoms with Gasteiger partial charge in [0.15, 0.2) is 17.3 Å². The molecular weight excluding hydrogens is 360 g/mol. The van der Waals surface area contributed by atoms with Crippen molar-refractivity contribution in [3.8, 4) is 17.2 Å². The molecule has 0 bridgehead atoms. The standard InChI is InChI=1S/C21H22N2O5/c1-26-17-5-2-15(3-6-17)18(24)13-22-8-10-23(11-9-22)21(25)16-4-7-19-20(12-16)28-14-27-19/h2-7,12H,8-11,13-14H2,1H3. The maximum Gasteiger partial charge on any atom is 0.254 e. The number of methoxy groups -OCH3 is 1. The normalized spacial score (nSPS) is 16.1. The molecule has 2 heterocycles. The average Bonchev–Trinajstić information content (AvgIpc) is 3.21. The van der Waals surface area contributed by atoms with Crippen molar-refractivity contribution in [2.75, 3.05) is 46.6 Å². The number of amides is 1. The minimum Gasteiger partial charge on any atom is -0.497 e. The highest BCUT2D eigenvalue weighted by molar-refractivity contribution is 5.98. The molecule has 28 heavy (non-hydrogen) atoms. The van der Waals surface area contributed by atoms with E-state index in [1.165, 1.54) is 0 Å². The Hall–Kier alpha value is -3.06. The molecule has 0 spiro atoms. The van der Waals surface area contributed by atoms with Crippen molar-refractivity contribution in [3.05, 3.63) is 53.6 Å². The van der Waals surface area contributed by atoms with E-state index in [0.717, 1.165) is 5.75 Å². The van der Waals surface area contributed by atoms with Gasteiger partial charge < -0.3 is 19.1 Å². The lowest BCUT2D eigenvalue weighted by Crippen LogP contribution is -2.49. The zero-order chi connectivity index (χ0) is 19.5. The molecule has 0 radical (unpaired) electrons. The first-order valence-corrected chi connectivity index (χ1v) is 9.22. The van der Waals surface area contributed by atoms with Gasteiger partial charge in [-0.3, -0.25) is 14.5 Å². The predicted molar refractivity (Wildman–Crippen MR) is 102 cm³/mol. The summed E-state index contributed by atoms with van der Waals surface area (Å²) in [5, 5.41) is 0. The molecule has 2 aliphatic heterocycles. The Labute approximate surface area is 163 Å². The number of rotatable bonds is 5. The lowest BCUT2D eigenvalue weighted by atomic mass is 10.1. The fraction of sp³-hybridized carbons (Fsp3) is 0.333. The molecular formula is C21H22N2O5. The Balaban J connectivity index is 1.31. The van der Waals surface area contributed by atoms with Crippen LogP contribution in [0, 0.1) is 0 Å². The smallest absolute Gasteiger partial charge is 0.254 e. The van der Waals surface area contributed by atoms with Crippen LogP contribution in [0.2, 0.25) is 0 Å². The van der Waals surface area contributed by atoms with Crippen molar-refractivity contribution in [3.63, 3.8) is 0 Å². The third-order valence-electron chi connectivity index (χ3n) is 5.06.